The Kier molecular flexibility index (Phi) is 5.85. The summed E-state index contributed by atoms with van der Waals surface area (Å²) in [4.78, 5) is 23.1. The van der Waals surface area contributed by atoms with Crippen LogP contribution in [0.5, 0.6) is 0 Å². The van der Waals surface area contributed by atoms with Crippen molar-refractivity contribution in [1.29, 1.82) is 0 Å². The van der Waals surface area contributed by atoms with E-state index in [1.54, 1.807) is 12.1 Å². The molecule has 0 aromatic heterocycles. The van der Waals surface area contributed by atoms with E-state index in [2.05, 4.69) is 5.32 Å². The van der Waals surface area contributed by atoms with Crippen LogP contribution in [-0.2, 0) is 16.1 Å². The van der Waals surface area contributed by atoms with E-state index in [0.29, 0.717) is 11.1 Å². The maximum Gasteiger partial charge on any atom is 0.338 e. The van der Waals surface area contributed by atoms with Crippen molar-refractivity contribution in [2.24, 2.45) is 5.73 Å². The van der Waals surface area contributed by atoms with Gasteiger partial charge in [0, 0.05) is 6.67 Å². The Morgan fingerprint density at radius 1 is 1.09 bits per heavy atom. The van der Waals surface area contributed by atoms with Crippen LogP contribution in [0.4, 0.5) is 0 Å². The molecule has 0 aliphatic carbocycles. The fourth-order valence-corrected chi connectivity index (χ4v) is 2.08. The van der Waals surface area contributed by atoms with Crippen molar-refractivity contribution in [3.8, 4) is 0 Å². The predicted molar refractivity (Wildman–Crippen MR) is 84.6 cm³/mol. The van der Waals surface area contributed by atoms with Gasteiger partial charge in [0.25, 0.3) is 0 Å². The number of nitrogens with two attached hydrogens (primary N) is 1. The minimum atomic E-state index is -1.03. The number of benzene rings is 2. The van der Waals surface area contributed by atoms with Gasteiger partial charge >= 0.3 is 11.9 Å². The number of hydrogen-bond donors (Lipinski definition) is 3. The highest BCUT2D eigenvalue weighted by Crippen LogP contribution is 2.15. The third-order valence-corrected chi connectivity index (χ3v) is 3.26. The molecule has 120 valence electrons. The van der Waals surface area contributed by atoms with Gasteiger partial charge in [-0.1, -0.05) is 42.5 Å². The molecule has 1 atom stereocenters. The maximum absolute atomic E-state index is 12.0. The van der Waals surface area contributed by atoms with Crippen LogP contribution in [0.3, 0.4) is 0 Å². The van der Waals surface area contributed by atoms with Gasteiger partial charge in [-0.2, -0.15) is 0 Å². The molecule has 0 aliphatic heterocycles. The maximum atomic E-state index is 12.0. The second-order valence-corrected chi connectivity index (χ2v) is 4.86. The number of hydrogen-bond acceptors (Lipinski definition) is 5. The van der Waals surface area contributed by atoms with Gasteiger partial charge in [-0.3, -0.25) is 10.1 Å². The summed E-state index contributed by atoms with van der Waals surface area (Å²) in [5, 5.41) is 11.8. The van der Waals surface area contributed by atoms with Crippen LogP contribution < -0.4 is 11.1 Å². The topological polar surface area (TPSA) is 102 Å². The van der Waals surface area contributed by atoms with E-state index in [4.69, 9.17) is 15.6 Å². The zero-order valence-electron chi connectivity index (χ0n) is 12.4. The normalized spacial score (nSPS) is 11.7. The van der Waals surface area contributed by atoms with E-state index in [-0.39, 0.29) is 13.3 Å². The monoisotopic (exact) mass is 314 g/mol. The Balaban J connectivity index is 2.01. The van der Waals surface area contributed by atoms with Gasteiger partial charge in [0.1, 0.15) is 12.6 Å². The zero-order valence-corrected chi connectivity index (χ0v) is 12.4. The number of carboxylic acids is 1. The molecule has 0 spiro atoms. The second-order valence-electron chi connectivity index (χ2n) is 4.86. The molecule has 2 aromatic carbocycles. The number of rotatable bonds is 7. The SMILES string of the molecule is NCN[C@@H](C(=O)O)c1ccc(C(=O)OCc2ccccc2)cc1. The molecule has 0 saturated carbocycles. The molecule has 6 heteroatoms. The Hall–Kier alpha value is -2.70. The number of carbonyl (C=O) groups excluding carboxylic acids is 1. The van der Waals surface area contributed by atoms with Gasteiger partial charge in [0.2, 0.25) is 0 Å². The first kappa shape index (κ1) is 16.7. The van der Waals surface area contributed by atoms with Crippen molar-refractivity contribution in [3.05, 3.63) is 71.3 Å². The Labute approximate surface area is 133 Å². The van der Waals surface area contributed by atoms with Crippen molar-refractivity contribution < 1.29 is 19.4 Å². The molecule has 0 fully saturated rings. The summed E-state index contributed by atoms with van der Waals surface area (Å²) in [6, 6.07) is 14.7. The summed E-state index contributed by atoms with van der Waals surface area (Å²) in [5.41, 5.74) is 7.11. The van der Waals surface area contributed by atoms with E-state index in [1.807, 2.05) is 30.3 Å². The van der Waals surface area contributed by atoms with Gasteiger partial charge in [-0.15, -0.1) is 0 Å². The van der Waals surface area contributed by atoms with Crippen molar-refractivity contribution in [1.82, 2.24) is 5.32 Å². The van der Waals surface area contributed by atoms with Crippen molar-refractivity contribution in [3.63, 3.8) is 0 Å². The van der Waals surface area contributed by atoms with E-state index >= 15 is 0 Å². The number of carboxylic acid groups (broad SMARTS) is 1. The smallest absolute Gasteiger partial charge is 0.338 e. The molecule has 0 aliphatic rings. The molecule has 0 bridgehead atoms. The summed E-state index contributed by atoms with van der Waals surface area (Å²) in [6.07, 6.45) is 0. The first-order chi connectivity index (χ1) is 11.1. The van der Waals surface area contributed by atoms with Crippen LogP contribution in [0.25, 0.3) is 0 Å². The molecule has 0 radical (unpaired) electrons. The first-order valence-corrected chi connectivity index (χ1v) is 7.09. The van der Waals surface area contributed by atoms with Gasteiger partial charge in [-0.05, 0) is 23.3 Å². The van der Waals surface area contributed by atoms with Crippen LogP contribution in [0.2, 0.25) is 0 Å². The quantitative estimate of drug-likeness (QED) is 0.531. The van der Waals surface area contributed by atoms with Gasteiger partial charge in [0.15, 0.2) is 0 Å². The van der Waals surface area contributed by atoms with Gasteiger partial charge in [0.05, 0.1) is 5.56 Å². The lowest BCUT2D eigenvalue weighted by molar-refractivity contribution is -0.139. The van der Waals surface area contributed by atoms with Crippen LogP contribution in [-0.4, -0.2) is 23.7 Å². The van der Waals surface area contributed by atoms with Crippen molar-refractivity contribution >= 4 is 11.9 Å². The Morgan fingerprint density at radius 3 is 2.30 bits per heavy atom. The number of aliphatic carboxylic acids is 1. The summed E-state index contributed by atoms with van der Waals surface area (Å²) in [6.45, 7) is 0.228. The highest BCUT2D eigenvalue weighted by atomic mass is 16.5. The number of carbonyl (C=O) groups is 2. The lowest BCUT2D eigenvalue weighted by Gasteiger charge is -2.13. The summed E-state index contributed by atoms with van der Waals surface area (Å²) < 4.78 is 5.22. The van der Waals surface area contributed by atoms with E-state index in [1.165, 1.54) is 12.1 Å². The average Bonchev–Trinajstić information content (AvgIpc) is 2.58. The standard InChI is InChI=1S/C17H18N2O4/c18-11-19-15(16(20)21)13-6-8-14(9-7-13)17(22)23-10-12-4-2-1-3-5-12/h1-9,15,19H,10-11,18H2,(H,20,21)/t15-/m1/s1. The zero-order chi connectivity index (χ0) is 16.7. The molecular weight excluding hydrogens is 296 g/mol. The van der Waals surface area contributed by atoms with Crippen LogP contribution in [0.15, 0.2) is 54.6 Å². The number of esters is 1. The molecule has 23 heavy (non-hydrogen) atoms. The van der Waals surface area contributed by atoms with Crippen LogP contribution in [0.1, 0.15) is 27.5 Å². The lowest BCUT2D eigenvalue weighted by Crippen LogP contribution is -2.32. The van der Waals surface area contributed by atoms with E-state index in [0.717, 1.165) is 5.56 Å². The Bertz CT molecular complexity index is 656. The highest BCUT2D eigenvalue weighted by Gasteiger charge is 2.19. The minimum absolute atomic E-state index is 0.0395. The van der Waals surface area contributed by atoms with Gasteiger partial charge < -0.3 is 15.6 Å². The molecule has 0 amide bonds. The number of ether oxygens (including phenoxy) is 1. The first-order valence-electron chi connectivity index (χ1n) is 7.09. The summed E-state index contributed by atoms with van der Waals surface area (Å²) >= 11 is 0. The summed E-state index contributed by atoms with van der Waals surface area (Å²) in [5.74, 6) is -1.49. The molecule has 6 nitrogen and oxygen atoms in total. The fraction of sp³-hybridized carbons (Fsp3) is 0.176. The third kappa shape index (κ3) is 4.64. The van der Waals surface area contributed by atoms with Crippen molar-refractivity contribution in [2.75, 3.05) is 6.67 Å². The van der Waals surface area contributed by atoms with E-state index < -0.39 is 18.0 Å². The minimum Gasteiger partial charge on any atom is -0.480 e. The summed E-state index contributed by atoms with van der Waals surface area (Å²) in [7, 11) is 0. The largest absolute Gasteiger partial charge is 0.480 e. The van der Waals surface area contributed by atoms with Crippen LogP contribution >= 0.6 is 0 Å². The third-order valence-electron chi connectivity index (χ3n) is 3.26. The average molecular weight is 314 g/mol. The fourth-order valence-electron chi connectivity index (χ4n) is 2.08. The lowest BCUT2D eigenvalue weighted by atomic mass is 10.1. The van der Waals surface area contributed by atoms with Gasteiger partial charge in [-0.25, -0.2) is 4.79 Å². The van der Waals surface area contributed by atoms with E-state index in [9.17, 15) is 9.59 Å². The molecule has 0 heterocycles. The predicted octanol–water partition coefficient (Wildman–Crippen LogP) is 1.68. The molecule has 2 aromatic rings. The molecule has 2 rings (SSSR count). The molecular formula is C17H18N2O4. The Morgan fingerprint density at radius 2 is 1.74 bits per heavy atom. The molecule has 0 unspecified atom stereocenters. The highest BCUT2D eigenvalue weighted by molar-refractivity contribution is 5.89. The van der Waals surface area contributed by atoms with Crippen molar-refractivity contribution in [2.45, 2.75) is 12.6 Å². The number of nitrogens with one attached hydrogen (secondary N) is 1. The second kappa shape index (κ2) is 8.07. The van der Waals surface area contributed by atoms with Crippen LogP contribution in [0, 0.1) is 0 Å². The molecule has 0 saturated heterocycles. The molecule has 4 N–H and O–H groups in total.